The van der Waals surface area contributed by atoms with Crippen LogP contribution in [0, 0.1) is 5.92 Å². The third-order valence-corrected chi connectivity index (χ3v) is 3.12. The normalized spacial score (nSPS) is 33.3. The van der Waals surface area contributed by atoms with Gasteiger partial charge < -0.3 is 10.6 Å². The Morgan fingerprint density at radius 2 is 2.38 bits per heavy atom. The van der Waals surface area contributed by atoms with E-state index in [2.05, 4.69) is 10.6 Å². The molecule has 2 aliphatic rings. The molecule has 0 aromatic rings. The number of rotatable bonds is 3. The van der Waals surface area contributed by atoms with Crippen molar-refractivity contribution in [2.75, 3.05) is 13.1 Å². The molecule has 0 aromatic carbocycles. The van der Waals surface area contributed by atoms with E-state index in [9.17, 15) is 4.79 Å². The van der Waals surface area contributed by atoms with Gasteiger partial charge in [0.15, 0.2) is 0 Å². The second-order valence-corrected chi connectivity index (χ2v) is 4.52. The molecule has 2 N–H and O–H groups in total. The zero-order chi connectivity index (χ0) is 9.31. The molecule has 1 unspecified atom stereocenters. The van der Waals surface area contributed by atoms with Crippen molar-refractivity contribution in [2.45, 2.75) is 38.1 Å². The summed E-state index contributed by atoms with van der Waals surface area (Å²) in [4.78, 5) is 11.7. The molecule has 1 saturated heterocycles. The Labute approximate surface area is 79.3 Å². The minimum atomic E-state index is -0.283. The van der Waals surface area contributed by atoms with Crippen molar-refractivity contribution in [3.8, 4) is 0 Å². The SMILES string of the molecule is CC1(C(=O)NCC2CC2)CCCN1. The molecular formula is C10H18N2O. The average molecular weight is 182 g/mol. The van der Waals surface area contributed by atoms with E-state index >= 15 is 0 Å². The van der Waals surface area contributed by atoms with Crippen molar-refractivity contribution in [1.29, 1.82) is 0 Å². The summed E-state index contributed by atoms with van der Waals surface area (Å²) in [6, 6.07) is 0. The van der Waals surface area contributed by atoms with Gasteiger partial charge in [0.2, 0.25) is 5.91 Å². The third-order valence-electron chi connectivity index (χ3n) is 3.12. The third kappa shape index (κ3) is 2.02. The summed E-state index contributed by atoms with van der Waals surface area (Å²) in [5.74, 6) is 0.964. The molecule has 1 amide bonds. The summed E-state index contributed by atoms with van der Waals surface area (Å²) in [6.07, 6.45) is 4.69. The Kier molecular flexibility index (Phi) is 2.28. The lowest BCUT2D eigenvalue weighted by Gasteiger charge is -2.22. The van der Waals surface area contributed by atoms with E-state index in [1.165, 1.54) is 12.8 Å². The molecule has 13 heavy (non-hydrogen) atoms. The maximum Gasteiger partial charge on any atom is 0.240 e. The van der Waals surface area contributed by atoms with Crippen molar-refractivity contribution >= 4 is 5.91 Å². The van der Waals surface area contributed by atoms with Gasteiger partial charge in [-0.2, -0.15) is 0 Å². The van der Waals surface area contributed by atoms with Gasteiger partial charge in [-0.15, -0.1) is 0 Å². The highest BCUT2D eigenvalue weighted by atomic mass is 16.2. The first-order valence-corrected chi connectivity index (χ1v) is 5.24. The maximum atomic E-state index is 11.7. The van der Waals surface area contributed by atoms with Crippen molar-refractivity contribution in [3.05, 3.63) is 0 Å². The summed E-state index contributed by atoms with van der Waals surface area (Å²) in [7, 11) is 0. The van der Waals surface area contributed by atoms with Crippen molar-refractivity contribution < 1.29 is 4.79 Å². The van der Waals surface area contributed by atoms with Gasteiger partial charge in [-0.05, 0) is 45.1 Å². The van der Waals surface area contributed by atoms with Crippen molar-refractivity contribution in [1.82, 2.24) is 10.6 Å². The Hall–Kier alpha value is -0.570. The van der Waals surface area contributed by atoms with Gasteiger partial charge in [0.25, 0.3) is 0 Å². The summed E-state index contributed by atoms with van der Waals surface area (Å²) in [5, 5.41) is 6.29. The van der Waals surface area contributed by atoms with Crippen LogP contribution in [0.1, 0.15) is 32.6 Å². The number of nitrogens with one attached hydrogen (secondary N) is 2. The van der Waals surface area contributed by atoms with Gasteiger partial charge >= 0.3 is 0 Å². The smallest absolute Gasteiger partial charge is 0.240 e. The molecule has 3 heteroatoms. The van der Waals surface area contributed by atoms with E-state index in [0.29, 0.717) is 0 Å². The molecule has 2 fully saturated rings. The fourth-order valence-corrected chi connectivity index (χ4v) is 1.84. The van der Waals surface area contributed by atoms with Crippen LogP contribution in [0.5, 0.6) is 0 Å². The van der Waals surface area contributed by atoms with Crippen LogP contribution in [0.15, 0.2) is 0 Å². The Morgan fingerprint density at radius 3 is 2.92 bits per heavy atom. The molecular weight excluding hydrogens is 164 g/mol. The first kappa shape index (κ1) is 9.00. The van der Waals surface area contributed by atoms with Gasteiger partial charge in [0.05, 0.1) is 5.54 Å². The number of carbonyl (C=O) groups excluding carboxylic acids is 1. The average Bonchev–Trinajstić information content (AvgIpc) is 2.84. The predicted octanol–water partition coefficient (Wildman–Crippen LogP) is 0.655. The molecule has 1 saturated carbocycles. The highest BCUT2D eigenvalue weighted by molar-refractivity contribution is 5.86. The monoisotopic (exact) mass is 182 g/mol. The highest BCUT2D eigenvalue weighted by Gasteiger charge is 2.36. The van der Waals surface area contributed by atoms with Gasteiger partial charge in [-0.1, -0.05) is 0 Å². The van der Waals surface area contributed by atoms with Crippen molar-refractivity contribution in [3.63, 3.8) is 0 Å². The van der Waals surface area contributed by atoms with E-state index in [0.717, 1.165) is 31.8 Å². The molecule has 0 radical (unpaired) electrons. The molecule has 74 valence electrons. The topological polar surface area (TPSA) is 41.1 Å². The highest BCUT2D eigenvalue weighted by Crippen LogP contribution is 2.28. The van der Waals surface area contributed by atoms with E-state index in [1.807, 2.05) is 6.92 Å². The number of hydrogen-bond donors (Lipinski definition) is 2. The van der Waals surface area contributed by atoms with E-state index in [-0.39, 0.29) is 11.4 Å². The van der Waals surface area contributed by atoms with Crippen LogP contribution >= 0.6 is 0 Å². The zero-order valence-electron chi connectivity index (χ0n) is 8.23. The van der Waals surface area contributed by atoms with Gasteiger partial charge in [0, 0.05) is 6.54 Å². The van der Waals surface area contributed by atoms with Crippen LogP contribution in [0.25, 0.3) is 0 Å². The Bertz CT molecular complexity index is 205. The zero-order valence-corrected chi connectivity index (χ0v) is 8.23. The number of amides is 1. The lowest BCUT2D eigenvalue weighted by molar-refractivity contribution is -0.126. The van der Waals surface area contributed by atoms with Crippen molar-refractivity contribution in [2.24, 2.45) is 5.92 Å². The second kappa shape index (κ2) is 3.29. The van der Waals surface area contributed by atoms with E-state index in [4.69, 9.17) is 0 Å². The fraction of sp³-hybridized carbons (Fsp3) is 0.900. The molecule has 0 aromatic heterocycles. The quantitative estimate of drug-likeness (QED) is 0.673. The van der Waals surface area contributed by atoms with Crippen LogP contribution in [-0.4, -0.2) is 24.5 Å². The predicted molar refractivity (Wildman–Crippen MR) is 51.4 cm³/mol. The van der Waals surface area contributed by atoms with Gasteiger partial charge in [-0.3, -0.25) is 4.79 Å². The minimum absolute atomic E-state index is 0.192. The molecule has 1 atom stereocenters. The molecule has 3 nitrogen and oxygen atoms in total. The Balaban J connectivity index is 1.80. The molecule has 1 aliphatic heterocycles. The molecule has 0 bridgehead atoms. The van der Waals surface area contributed by atoms with E-state index in [1.54, 1.807) is 0 Å². The van der Waals surface area contributed by atoms with Crippen LogP contribution in [0.3, 0.4) is 0 Å². The second-order valence-electron chi connectivity index (χ2n) is 4.52. The molecule has 1 aliphatic carbocycles. The summed E-state index contributed by atoms with van der Waals surface area (Å²) in [5.41, 5.74) is -0.283. The number of hydrogen-bond acceptors (Lipinski definition) is 2. The lowest BCUT2D eigenvalue weighted by Crippen LogP contribution is -2.51. The van der Waals surface area contributed by atoms with Crippen LogP contribution < -0.4 is 10.6 Å². The van der Waals surface area contributed by atoms with Gasteiger partial charge in [0.1, 0.15) is 0 Å². The van der Waals surface area contributed by atoms with Gasteiger partial charge in [-0.25, -0.2) is 0 Å². The fourth-order valence-electron chi connectivity index (χ4n) is 1.84. The molecule has 1 heterocycles. The van der Waals surface area contributed by atoms with Crippen LogP contribution in [0.4, 0.5) is 0 Å². The first-order chi connectivity index (χ1) is 6.21. The van der Waals surface area contributed by atoms with Crippen LogP contribution in [-0.2, 0) is 4.79 Å². The largest absolute Gasteiger partial charge is 0.354 e. The van der Waals surface area contributed by atoms with E-state index < -0.39 is 0 Å². The minimum Gasteiger partial charge on any atom is -0.354 e. The number of carbonyl (C=O) groups is 1. The molecule has 0 spiro atoms. The summed E-state index contributed by atoms with van der Waals surface area (Å²) >= 11 is 0. The lowest BCUT2D eigenvalue weighted by atomic mass is 9.99. The standard InChI is InChI=1S/C10H18N2O/c1-10(5-2-6-12-10)9(13)11-7-8-3-4-8/h8,12H,2-7H2,1H3,(H,11,13). The maximum absolute atomic E-state index is 11.7. The summed E-state index contributed by atoms with van der Waals surface area (Å²) < 4.78 is 0. The Morgan fingerprint density at radius 1 is 1.62 bits per heavy atom. The first-order valence-electron chi connectivity index (χ1n) is 5.24. The summed E-state index contributed by atoms with van der Waals surface area (Å²) in [6.45, 7) is 3.87. The van der Waals surface area contributed by atoms with Crippen LogP contribution in [0.2, 0.25) is 0 Å². The molecule has 2 rings (SSSR count).